The number of halogens is 1. The van der Waals surface area contributed by atoms with E-state index in [2.05, 4.69) is 0 Å². The van der Waals surface area contributed by atoms with Crippen molar-refractivity contribution in [2.24, 2.45) is 0 Å². The molecule has 116 valence electrons. The SMILES string of the molecule is CN(Cc1ccccc1F)C(=O)COC(=O)Cc1cccs1. The number of carbonyl (C=O) groups excluding carboxylic acids is 2. The van der Waals surface area contributed by atoms with Crippen LogP contribution in [0, 0.1) is 5.82 Å². The fraction of sp³-hybridized carbons (Fsp3) is 0.250. The normalized spacial score (nSPS) is 10.3. The molecule has 0 radical (unpaired) electrons. The number of nitrogens with zero attached hydrogens (tertiary/aromatic N) is 1. The number of likely N-dealkylation sites (N-methyl/N-ethyl adjacent to an activating group) is 1. The highest BCUT2D eigenvalue weighted by molar-refractivity contribution is 7.10. The van der Waals surface area contributed by atoms with E-state index in [1.165, 1.54) is 22.3 Å². The summed E-state index contributed by atoms with van der Waals surface area (Å²) in [6, 6.07) is 9.93. The Hall–Kier alpha value is -2.21. The Labute approximate surface area is 132 Å². The van der Waals surface area contributed by atoms with Gasteiger partial charge in [0.05, 0.1) is 6.42 Å². The van der Waals surface area contributed by atoms with Crippen molar-refractivity contribution in [1.82, 2.24) is 4.90 Å². The smallest absolute Gasteiger partial charge is 0.311 e. The zero-order valence-electron chi connectivity index (χ0n) is 12.1. The van der Waals surface area contributed by atoms with Crippen LogP contribution >= 0.6 is 11.3 Å². The van der Waals surface area contributed by atoms with Crippen molar-refractivity contribution in [3.05, 3.63) is 58.0 Å². The second-order valence-corrected chi connectivity index (χ2v) is 5.79. The number of ether oxygens (including phenoxy) is 1. The molecule has 0 saturated heterocycles. The molecule has 0 atom stereocenters. The van der Waals surface area contributed by atoms with Gasteiger partial charge in [0, 0.05) is 24.0 Å². The number of amides is 1. The molecule has 0 aliphatic carbocycles. The molecule has 0 aliphatic heterocycles. The molecule has 0 spiro atoms. The van der Waals surface area contributed by atoms with E-state index in [0.717, 1.165) is 4.88 Å². The Bertz CT molecular complexity index is 643. The monoisotopic (exact) mass is 321 g/mol. The van der Waals surface area contributed by atoms with Crippen LogP contribution in [0.1, 0.15) is 10.4 Å². The Morgan fingerprint density at radius 2 is 2.00 bits per heavy atom. The number of hydrogen-bond acceptors (Lipinski definition) is 4. The molecule has 1 heterocycles. The molecule has 0 unspecified atom stereocenters. The number of benzene rings is 1. The summed E-state index contributed by atoms with van der Waals surface area (Å²) in [5.41, 5.74) is 0.420. The minimum Gasteiger partial charge on any atom is -0.455 e. The predicted octanol–water partition coefficient (Wildman–Crippen LogP) is 2.63. The molecule has 1 aromatic heterocycles. The van der Waals surface area contributed by atoms with Gasteiger partial charge in [0.1, 0.15) is 5.82 Å². The third-order valence-corrected chi connectivity index (χ3v) is 3.92. The summed E-state index contributed by atoms with van der Waals surface area (Å²) in [5.74, 6) is -1.19. The lowest BCUT2D eigenvalue weighted by Crippen LogP contribution is -2.31. The molecule has 6 heteroatoms. The third kappa shape index (κ3) is 4.66. The van der Waals surface area contributed by atoms with Crippen LogP contribution in [0.4, 0.5) is 4.39 Å². The van der Waals surface area contributed by atoms with Crippen LogP contribution in [0.5, 0.6) is 0 Å². The van der Waals surface area contributed by atoms with Crippen LogP contribution in [0.15, 0.2) is 41.8 Å². The fourth-order valence-corrected chi connectivity index (χ4v) is 2.52. The van der Waals surface area contributed by atoms with Crippen LogP contribution in [0.3, 0.4) is 0 Å². The summed E-state index contributed by atoms with van der Waals surface area (Å²) in [6.07, 6.45) is 0.155. The summed E-state index contributed by atoms with van der Waals surface area (Å²) in [6.45, 7) is -0.205. The fourth-order valence-electron chi connectivity index (χ4n) is 1.83. The van der Waals surface area contributed by atoms with Crippen molar-refractivity contribution in [2.45, 2.75) is 13.0 Å². The van der Waals surface area contributed by atoms with Crippen molar-refractivity contribution in [2.75, 3.05) is 13.7 Å². The Morgan fingerprint density at radius 1 is 1.23 bits per heavy atom. The molecule has 0 N–H and O–H groups in total. The number of rotatable bonds is 6. The maximum absolute atomic E-state index is 13.5. The highest BCUT2D eigenvalue weighted by Crippen LogP contribution is 2.11. The third-order valence-electron chi connectivity index (χ3n) is 3.05. The van der Waals surface area contributed by atoms with Gasteiger partial charge in [-0.05, 0) is 17.5 Å². The van der Waals surface area contributed by atoms with E-state index in [4.69, 9.17) is 4.74 Å². The molecule has 2 rings (SSSR count). The molecule has 1 amide bonds. The average Bonchev–Trinajstić information content (AvgIpc) is 3.00. The van der Waals surface area contributed by atoms with Crippen molar-refractivity contribution in [3.63, 3.8) is 0 Å². The van der Waals surface area contributed by atoms with Crippen LogP contribution in [0.25, 0.3) is 0 Å². The second-order valence-electron chi connectivity index (χ2n) is 4.76. The molecule has 22 heavy (non-hydrogen) atoms. The summed E-state index contributed by atoms with van der Waals surface area (Å²) in [7, 11) is 1.54. The highest BCUT2D eigenvalue weighted by Gasteiger charge is 2.14. The summed E-state index contributed by atoms with van der Waals surface area (Å²) in [5, 5.41) is 1.87. The molecule has 4 nitrogen and oxygen atoms in total. The van der Waals surface area contributed by atoms with Gasteiger partial charge < -0.3 is 9.64 Å². The maximum Gasteiger partial charge on any atom is 0.311 e. The van der Waals surface area contributed by atoms with Crippen LogP contribution < -0.4 is 0 Å². The molecule has 0 saturated carbocycles. The topological polar surface area (TPSA) is 46.6 Å². The number of hydrogen-bond donors (Lipinski definition) is 0. The van der Waals surface area contributed by atoms with Gasteiger partial charge in [0.15, 0.2) is 6.61 Å². The van der Waals surface area contributed by atoms with Gasteiger partial charge in [-0.15, -0.1) is 11.3 Å². The predicted molar refractivity (Wildman–Crippen MR) is 81.9 cm³/mol. The van der Waals surface area contributed by atoms with Crippen LogP contribution in [0.2, 0.25) is 0 Å². The van der Waals surface area contributed by atoms with Gasteiger partial charge in [-0.2, -0.15) is 0 Å². The molecular formula is C16H16FNO3S. The van der Waals surface area contributed by atoms with Gasteiger partial charge in [-0.1, -0.05) is 24.3 Å². The molecule has 2 aromatic rings. The molecule has 0 aliphatic rings. The van der Waals surface area contributed by atoms with Gasteiger partial charge in [0.2, 0.25) is 0 Å². The summed E-state index contributed by atoms with van der Waals surface area (Å²) in [4.78, 5) is 25.7. The highest BCUT2D eigenvalue weighted by atomic mass is 32.1. The van der Waals surface area contributed by atoms with Crippen LogP contribution in [-0.2, 0) is 27.3 Å². The number of thiophene rings is 1. The maximum atomic E-state index is 13.5. The van der Waals surface area contributed by atoms with E-state index in [0.29, 0.717) is 5.56 Å². The van der Waals surface area contributed by atoms with Gasteiger partial charge in [-0.25, -0.2) is 4.39 Å². The molecule has 0 bridgehead atoms. The van der Waals surface area contributed by atoms with Gasteiger partial charge in [-0.3, -0.25) is 9.59 Å². The molecule has 0 fully saturated rings. The zero-order chi connectivity index (χ0) is 15.9. The first-order valence-electron chi connectivity index (χ1n) is 6.71. The van der Waals surface area contributed by atoms with E-state index in [9.17, 15) is 14.0 Å². The Morgan fingerprint density at radius 3 is 2.68 bits per heavy atom. The first-order chi connectivity index (χ1) is 10.6. The average molecular weight is 321 g/mol. The summed E-state index contributed by atoms with van der Waals surface area (Å²) >= 11 is 1.46. The largest absolute Gasteiger partial charge is 0.455 e. The standard InChI is InChI=1S/C16H16FNO3S/c1-18(10-12-5-2-3-7-14(12)17)15(19)11-21-16(20)9-13-6-4-8-22-13/h2-8H,9-11H2,1H3. The summed E-state index contributed by atoms with van der Waals surface area (Å²) < 4.78 is 18.5. The van der Waals surface area contributed by atoms with Crippen molar-refractivity contribution in [3.8, 4) is 0 Å². The van der Waals surface area contributed by atoms with E-state index in [1.54, 1.807) is 25.2 Å². The minimum atomic E-state index is -0.449. The van der Waals surface area contributed by atoms with Crippen molar-refractivity contribution in [1.29, 1.82) is 0 Å². The van der Waals surface area contributed by atoms with Crippen molar-refractivity contribution < 1.29 is 18.7 Å². The Kier molecular flexibility index (Phi) is 5.66. The van der Waals surface area contributed by atoms with Gasteiger partial charge in [0.25, 0.3) is 5.91 Å². The second kappa shape index (κ2) is 7.70. The van der Waals surface area contributed by atoms with Gasteiger partial charge >= 0.3 is 5.97 Å². The first kappa shape index (κ1) is 16.2. The van der Waals surface area contributed by atoms with Crippen molar-refractivity contribution >= 4 is 23.2 Å². The quantitative estimate of drug-likeness (QED) is 0.769. The molecular weight excluding hydrogens is 305 g/mol. The lowest BCUT2D eigenvalue weighted by atomic mass is 10.2. The lowest BCUT2D eigenvalue weighted by Gasteiger charge is -2.17. The van der Waals surface area contributed by atoms with E-state index in [-0.39, 0.29) is 31.3 Å². The van der Waals surface area contributed by atoms with Crippen LogP contribution in [-0.4, -0.2) is 30.4 Å². The van der Waals surface area contributed by atoms with E-state index < -0.39 is 5.97 Å². The zero-order valence-corrected chi connectivity index (χ0v) is 12.9. The minimum absolute atomic E-state index is 0.133. The number of esters is 1. The molecule has 1 aromatic carbocycles. The lowest BCUT2D eigenvalue weighted by molar-refractivity contribution is -0.151. The first-order valence-corrected chi connectivity index (χ1v) is 7.59. The number of carbonyl (C=O) groups is 2. The van der Waals surface area contributed by atoms with E-state index >= 15 is 0 Å². The van der Waals surface area contributed by atoms with E-state index in [1.807, 2.05) is 17.5 Å². The Balaban J connectivity index is 1.79.